The van der Waals surface area contributed by atoms with Gasteiger partial charge in [0.15, 0.2) is 0 Å². The van der Waals surface area contributed by atoms with Gasteiger partial charge >= 0.3 is 0 Å². The van der Waals surface area contributed by atoms with Crippen molar-refractivity contribution in [3.8, 4) is 5.75 Å². The van der Waals surface area contributed by atoms with E-state index in [1.54, 1.807) is 0 Å². The van der Waals surface area contributed by atoms with Crippen LogP contribution in [0.3, 0.4) is 0 Å². The van der Waals surface area contributed by atoms with Gasteiger partial charge in [0.25, 0.3) is 0 Å². The highest BCUT2D eigenvalue weighted by atomic mass is 16.5. The fourth-order valence-corrected chi connectivity index (χ4v) is 3.13. The van der Waals surface area contributed by atoms with Crippen molar-refractivity contribution in [2.24, 2.45) is 7.05 Å². The summed E-state index contributed by atoms with van der Waals surface area (Å²) in [4.78, 5) is 2.39. The quantitative estimate of drug-likeness (QED) is 0.781. The first-order chi connectivity index (χ1) is 11.8. The first-order valence-corrected chi connectivity index (χ1v) is 8.78. The van der Waals surface area contributed by atoms with Crippen molar-refractivity contribution in [1.82, 2.24) is 14.7 Å². The summed E-state index contributed by atoms with van der Waals surface area (Å²) in [6.07, 6.45) is 3.93. The maximum Gasteiger partial charge on any atom is 0.122 e. The molecule has 2 aromatic rings. The van der Waals surface area contributed by atoms with Gasteiger partial charge in [-0.1, -0.05) is 25.1 Å². The molecule has 0 saturated carbocycles. The zero-order chi connectivity index (χ0) is 16.8. The van der Waals surface area contributed by atoms with Crippen LogP contribution in [0.1, 0.15) is 23.7 Å². The fraction of sp³-hybridized carbons (Fsp3) is 0.526. The van der Waals surface area contributed by atoms with E-state index in [0.29, 0.717) is 6.61 Å². The Morgan fingerprint density at radius 2 is 1.96 bits per heavy atom. The van der Waals surface area contributed by atoms with E-state index in [9.17, 15) is 0 Å². The molecular formula is C19H27N3O2. The van der Waals surface area contributed by atoms with Crippen LogP contribution in [0.2, 0.25) is 0 Å². The predicted molar refractivity (Wildman–Crippen MR) is 94.6 cm³/mol. The highest BCUT2D eigenvalue weighted by molar-refractivity contribution is 5.38. The van der Waals surface area contributed by atoms with E-state index in [-0.39, 0.29) is 0 Å². The summed E-state index contributed by atoms with van der Waals surface area (Å²) in [6.45, 7) is 7.47. The van der Waals surface area contributed by atoms with Gasteiger partial charge in [0.2, 0.25) is 0 Å². The van der Waals surface area contributed by atoms with E-state index in [1.165, 1.54) is 16.8 Å². The summed E-state index contributed by atoms with van der Waals surface area (Å²) in [7, 11) is 1.98. The average molecular weight is 329 g/mol. The number of para-hydroxylation sites is 1. The maximum absolute atomic E-state index is 6.08. The molecule has 0 unspecified atom stereocenters. The van der Waals surface area contributed by atoms with Gasteiger partial charge < -0.3 is 9.47 Å². The van der Waals surface area contributed by atoms with Crippen molar-refractivity contribution >= 4 is 0 Å². The first kappa shape index (κ1) is 17.0. The molecule has 0 radical (unpaired) electrons. The smallest absolute Gasteiger partial charge is 0.122 e. The first-order valence-electron chi connectivity index (χ1n) is 8.78. The Bertz CT molecular complexity index is 648. The highest BCUT2D eigenvalue weighted by Crippen LogP contribution is 2.23. The minimum absolute atomic E-state index is 0.713. The Kier molecular flexibility index (Phi) is 5.88. The van der Waals surface area contributed by atoms with Crippen LogP contribution in [-0.2, 0) is 24.6 Å². The Labute approximate surface area is 144 Å². The number of aryl methyl sites for hydroxylation is 2. The van der Waals surface area contributed by atoms with Crippen LogP contribution in [0, 0.1) is 0 Å². The van der Waals surface area contributed by atoms with Gasteiger partial charge in [-0.3, -0.25) is 9.58 Å². The number of ether oxygens (including phenoxy) is 2. The van der Waals surface area contributed by atoms with E-state index in [0.717, 1.165) is 51.4 Å². The van der Waals surface area contributed by atoms with Crippen molar-refractivity contribution < 1.29 is 9.47 Å². The molecule has 0 aliphatic carbocycles. The van der Waals surface area contributed by atoms with E-state index in [2.05, 4.69) is 41.3 Å². The Hall–Kier alpha value is -1.85. The minimum atomic E-state index is 0.713. The molecule has 0 N–H and O–H groups in total. The number of rotatable bonds is 7. The normalized spacial score (nSPS) is 15.6. The summed E-state index contributed by atoms with van der Waals surface area (Å²) >= 11 is 0. The lowest BCUT2D eigenvalue weighted by atomic mass is 10.0. The minimum Gasteiger partial charge on any atom is -0.492 e. The second-order valence-electron chi connectivity index (χ2n) is 6.22. The number of hydrogen-bond donors (Lipinski definition) is 0. The molecule has 0 spiro atoms. The standard InChI is InChI=1S/C19H27N3O2/c1-3-18-17(15-21(2)20-18)14-16-6-4-5-7-19(16)24-13-10-22-8-11-23-12-9-22/h4-7,15H,3,8-14H2,1-2H3. The SMILES string of the molecule is CCc1nn(C)cc1Cc1ccccc1OCCN1CCOCC1. The molecule has 5 heteroatoms. The summed E-state index contributed by atoms with van der Waals surface area (Å²) < 4.78 is 13.4. The van der Waals surface area contributed by atoms with Gasteiger partial charge in [0, 0.05) is 39.3 Å². The largest absolute Gasteiger partial charge is 0.492 e. The van der Waals surface area contributed by atoms with Crippen molar-refractivity contribution in [3.05, 3.63) is 47.3 Å². The van der Waals surface area contributed by atoms with Crippen molar-refractivity contribution in [2.75, 3.05) is 39.5 Å². The summed E-state index contributed by atoms with van der Waals surface area (Å²) in [5.41, 5.74) is 3.67. The van der Waals surface area contributed by atoms with E-state index in [4.69, 9.17) is 9.47 Å². The van der Waals surface area contributed by atoms with E-state index in [1.807, 2.05) is 17.8 Å². The van der Waals surface area contributed by atoms with Crippen LogP contribution in [0.25, 0.3) is 0 Å². The predicted octanol–water partition coefficient (Wildman–Crippen LogP) is 2.28. The lowest BCUT2D eigenvalue weighted by molar-refractivity contribution is 0.0322. The molecule has 0 bridgehead atoms. The topological polar surface area (TPSA) is 39.5 Å². The molecule has 3 rings (SSSR count). The molecule has 24 heavy (non-hydrogen) atoms. The molecule has 1 saturated heterocycles. The number of hydrogen-bond acceptors (Lipinski definition) is 4. The fourth-order valence-electron chi connectivity index (χ4n) is 3.13. The van der Waals surface area contributed by atoms with Crippen molar-refractivity contribution in [2.45, 2.75) is 19.8 Å². The Morgan fingerprint density at radius 1 is 1.17 bits per heavy atom. The maximum atomic E-state index is 6.08. The van der Waals surface area contributed by atoms with Gasteiger partial charge in [-0.25, -0.2) is 0 Å². The van der Waals surface area contributed by atoms with E-state index < -0.39 is 0 Å². The number of aromatic nitrogens is 2. The summed E-state index contributed by atoms with van der Waals surface area (Å²) in [6, 6.07) is 8.33. The second kappa shape index (κ2) is 8.31. The summed E-state index contributed by atoms with van der Waals surface area (Å²) in [5.74, 6) is 0.983. The van der Waals surface area contributed by atoms with Crippen molar-refractivity contribution in [1.29, 1.82) is 0 Å². The Morgan fingerprint density at radius 3 is 2.75 bits per heavy atom. The van der Waals surface area contributed by atoms with Crippen LogP contribution >= 0.6 is 0 Å². The molecule has 0 atom stereocenters. The number of benzene rings is 1. The number of nitrogens with zero attached hydrogens (tertiary/aromatic N) is 3. The zero-order valence-corrected chi connectivity index (χ0v) is 14.7. The molecule has 1 fully saturated rings. The molecule has 0 amide bonds. The zero-order valence-electron chi connectivity index (χ0n) is 14.7. The van der Waals surface area contributed by atoms with Gasteiger partial charge in [-0.05, 0) is 23.6 Å². The molecule has 1 aliphatic rings. The lowest BCUT2D eigenvalue weighted by Gasteiger charge is -2.26. The van der Waals surface area contributed by atoms with Gasteiger partial charge in [0.05, 0.1) is 18.9 Å². The highest BCUT2D eigenvalue weighted by Gasteiger charge is 2.12. The molecule has 1 aliphatic heterocycles. The molecule has 2 heterocycles. The molecule has 5 nitrogen and oxygen atoms in total. The van der Waals surface area contributed by atoms with Gasteiger partial charge in [0.1, 0.15) is 12.4 Å². The third kappa shape index (κ3) is 4.36. The molecule has 1 aromatic heterocycles. The average Bonchev–Trinajstić information content (AvgIpc) is 2.97. The van der Waals surface area contributed by atoms with Gasteiger partial charge in [-0.15, -0.1) is 0 Å². The Balaban J connectivity index is 1.62. The second-order valence-corrected chi connectivity index (χ2v) is 6.22. The molecular weight excluding hydrogens is 302 g/mol. The van der Waals surface area contributed by atoms with Crippen LogP contribution in [0.15, 0.2) is 30.5 Å². The third-order valence-electron chi connectivity index (χ3n) is 4.45. The summed E-state index contributed by atoms with van der Waals surface area (Å²) in [5, 5.41) is 4.54. The monoisotopic (exact) mass is 329 g/mol. The van der Waals surface area contributed by atoms with Crippen LogP contribution in [0.5, 0.6) is 5.75 Å². The van der Waals surface area contributed by atoms with Crippen LogP contribution in [-0.4, -0.2) is 54.1 Å². The number of morpholine rings is 1. The van der Waals surface area contributed by atoms with E-state index >= 15 is 0 Å². The van der Waals surface area contributed by atoms with Crippen molar-refractivity contribution in [3.63, 3.8) is 0 Å². The van der Waals surface area contributed by atoms with Crippen LogP contribution in [0.4, 0.5) is 0 Å². The molecule has 1 aromatic carbocycles. The lowest BCUT2D eigenvalue weighted by Crippen LogP contribution is -2.38. The van der Waals surface area contributed by atoms with Crippen LogP contribution < -0.4 is 4.74 Å². The van der Waals surface area contributed by atoms with Gasteiger partial charge in [-0.2, -0.15) is 5.10 Å². The molecule has 130 valence electrons. The third-order valence-corrected chi connectivity index (χ3v) is 4.45.